The van der Waals surface area contributed by atoms with Gasteiger partial charge in [0.05, 0.1) is 21.5 Å². The van der Waals surface area contributed by atoms with E-state index >= 15 is 0 Å². The lowest BCUT2D eigenvalue weighted by Crippen LogP contribution is -2.29. The number of hydrogen-bond acceptors (Lipinski definition) is 2. The van der Waals surface area contributed by atoms with Crippen molar-refractivity contribution in [2.75, 3.05) is 6.54 Å². The summed E-state index contributed by atoms with van der Waals surface area (Å²) in [5.41, 5.74) is 11.4. The van der Waals surface area contributed by atoms with Gasteiger partial charge in [0.15, 0.2) is 0 Å². The van der Waals surface area contributed by atoms with Crippen LogP contribution in [0.15, 0.2) is 22.7 Å². The number of halogens is 1. The monoisotopic (exact) mass is 335 g/mol. The molecule has 108 valence electrons. The van der Waals surface area contributed by atoms with E-state index in [0.29, 0.717) is 6.54 Å². The second kappa shape index (κ2) is 5.34. The first-order valence-electron chi connectivity index (χ1n) is 6.81. The van der Waals surface area contributed by atoms with Crippen LogP contribution >= 0.6 is 15.9 Å². The quantitative estimate of drug-likeness (QED) is 0.927. The van der Waals surface area contributed by atoms with Gasteiger partial charge in [0, 0.05) is 12.0 Å². The van der Waals surface area contributed by atoms with Gasteiger partial charge in [-0.15, -0.1) is 0 Å². The molecule has 2 aromatic rings. The summed E-state index contributed by atoms with van der Waals surface area (Å²) in [6.07, 6.45) is 0. The van der Waals surface area contributed by atoms with E-state index in [0.717, 1.165) is 21.5 Å². The highest BCUT2D eigenvalue weighted by molar-refractivity contribution is 9.10. The molecule has 0 aliphatic rings. The van der Waals surface area contributed by atoms with Crippen LogP contribution in [0, 0.1) is 20.8 Å². The molecule has 0 aliphatic carbocycles. The largest absolute Gasteiger partial charge is 0.330 e. The highest BCUT2D eigenvalue weighted by Gasteiger charge is 2.27. The molecule has 0 amide bonds. The van der Waals surface area contributed by atoms with Crippen LogP contribution in [0.4, 0.5) is 0 Å². The Morgan fingerprint density at radius 2 is 1.90 bits per heavy atom. The number of rotatable bonds is 3. The molecular formula is C16H22BrN3. The summed E-state index contributed by atoms with van der Waals surface area (Å²) >= 11 is 3.68. The van der Waals surface area contributed by atoms with Gasteiger partial charge >= 0.3 is 0 Å². The Balaban J connectivity index is 2.65. The molecular weight excluding hydrogens is 314 g/mol. The van der Waals surface area contributed by atoms with Gasteiger partial charge in [-0.1, -0.05) is 26.0 Å². The van der Waals surface area contributed by atoms with E-state index in [-0.39, 0.29) is 5.41 Å². The first-order valence-corrected chi connectivity index (χ1v) is 7.60. The van der Waals surface area contributed by atoms with Gasteiger partial charge in [-0.25, -0.2) is 4.68 Å². The normalized spacial score (nSPS) is 11.9. The molecule has 0 bridgehead atoms. The first kappa shape index (κ1) is 15.3. The zero-order chi connectivity index (χ0) is 15.1. The Morgan fingerprint density at radius 3 is 2.50 bits per heavy atom. The van der Waals surface area contributed by atoms with Crippen molar-refractivity contribution in [1.29, 1.82) is 0 Å². The smallest absolute Gasteiger partial charge is 0.0842 e. The average molecular weight is 336 g/mol. The lowest BCUT2D eigenvalue weighted by Gasteiger charge is -2.20. The molecule has 0 saturated heterocycles. The Bertz CT molecular complexity index is 641. The molecule has 0 spiro atoms. The highest BCUT2D eigenvalue weighted by atomic mass is 79.9. The lowest BCUT2D eigenvalue weighted by molar-refractivity contribution is 0.513. The van der Waals surface area contributed by atoms with Crippen LogP contribution in [-0.2, 0) is 5.41 Å². The molecule has 0 unspecified atom stereocenters. The Hall–Kier alpha value is -1.13. The van der Waals surface area contributed by atoms with Crippen molar-refractivity contribution in [2.45, 2.75) is 40.0 Å². The van der Waals surface area contributed by atoms with Gasteiger partial charge < -0.3 is 5.73 Å². The lowest BCUT2D eigenvalue weighted by atomic mass is 9.89. The third kappa shape index (κ3) is 2.54. The molecule has 3 nitrogen and oxygen atoms in total. The maximum atomic E-state index is 5.89. The van der Waals surface area contributed by atoms with Gasteiger partial charge in [-0.05, 0) is 53.9 Å². The SMILES string of the molecule is Cc1ccc(C)c(-n2nc(C(C)(C)CN)c(Br)c2C)c1. The Morgan fingerprint density at radius 1 is 1.25 bits per heavy atom. The minimum Gasteiger partial charge on any atom is -0.330 e. The van der Waals surface area contributed by atoms with E-state index in [1.807, 2.05) is 4.68 Å². The molecule has 0 fully saturated rings. The molecule has 1 aromatic carbocycles. The van der Waals surface area contributed by atoms with E-state index in [1.165, 1.54) is 11.1 Å². The maximum Gasteiger partial charge on any atom is 0.0842 e. The molecule has 20 heavy (non-hydrogen) atoms. The molecule has 0 atom stereocenters. The number of hydrogen-bond donors (Lipinski definition) is 1. The minimum atomic E-state index is -0.146. The molecule has 0 saturated carbocycles. The number of aryl methyl sites for hydroxylation is 2. The number of nitrogens with two attached hydrogens (primary N) is 1. The van der Waals surface area contributed by atoms with Gasteiger partial charge in [-0.2, -0.15) is 5.10 Å². The molecule has 1 aromatic heterocycles. The standard InChI is InChI=1S/C16H22BrN3/c1-10-6-7-11(2)13(8-10)20-12(3)14(17)15(19-20)16(4,5)9-18/h6-8H,9,18H2,1-5H3. The number of benzene rings is 1. The molecule has 0 radical (unpaired) electrons. The Kier molecular flexibility index (Phi) is 4.07. The number of aromatic nitrogens is 2. The van der Waals surface area contributed by atoms with E-state index in [1.54, 1.807) is 0 Å². The van der Waals surface area contributed by atoms with E-state index in [9.17, 15) is 0 Å². The maximum absolute atomic E-state index is 5.89. The van der Waals surface area contributed by atoms with Crippen LogP contribution in [0.25, 0.3) is 5.69 Å². The fraction of sp³-hybridized carbons (Fsp3) is 0.438. The van der Waals surface area contributed by atoms with E-state index in [2.05, 4.69) is 68.7 Å². The van der Waals surface area contributed by atoms with Crippen LogP contribution in [0.5, 0.6) is 0 Å². The fourth-order valence-corrected chi connectivity index (χ4v) is 2.98. The van der Waals surface area contributed by atoms with Crippen molar-refractivity contribution in [1.82, 2.24) is 9.78 Å². The van der Waals surface area contributed by atoms with Crippen LogP contribution in [-0.4, -0.2) is 16.3 Å². The summed E-state index contributed by atoms with van der Waals surface area (Å²) < 4.78 is 3.06. The summed E-state index contributed by atoms with van der Waals surface area (Å²) in [5.74, 6) is 0. The highest BCUT2D eigenvalue weighted by Crippen LogP contribution is 2.32. The summed E-state index contributed by atoms with van der Waals surface area (Å²) in [5, 5.41) is 4.81. The Labute approximate surface area is 129 Å². The van der Waals surface area contributed by atoms with Gasteiger partial charge in [0.1, 0.15) is 0 Å². The second-order valence-electron chi connectivity index (χ2n) is 6.04. The summed E-state index contributed by atoms with van der Waals surface area (Å²) in [4.78, 5) is 0. The number of nitrogens with zero attached hydrogens (tertiary/aromatic N) is 2. The first-order chi connectivity index (χ1) is 9.27. The van der Waals surface area contributed by atoms with Crippen LogP contribution in [0.2, 0.25) is 0 Å². The van der Waals surface area contributed by atoms with E-state index in [4.69, 9.17) is 10.8 Å². The average Bonchev–Trinajstić information content (AvgIpc) is 2.70. The van der Waals surface area contributed by atoms with Crippen molar-refractivity contribution in [3.05, 3.63) is 45.2 Å². The minimum absolute atomic E-state index is 0.146. The molecule has 2 rings (SSSR count). The topological polar surface area (TPSA) is 43.8 Å². The fourth-order valence-electron chi connectivity index (χ4n) is 2.19. The zero-order valence-corrected chi connectivity index (χ0v) is 14.4. The molecule has 0 aliphatic heterocycles. The predicted octanol–water partition coefficient (Wildman–Crippen LogP) is 3.80. The van der Waals surface area contributed by atoms with Crippen molar-refractivity contribution < 1.29 is 0 Å². The van der Waals surface area contributed by atoms with Gasteiger partial charge in [-0.3, -0.25) is 0 Å². The van der Waals surface area contributed by atoms with Crippen molar-refractivity contribution >= 4 is 15.9 Å². The zero-order valence-electron chi connectivity index (χ0n) is 12.8. The van der Waals surface area contributed by atoms with Gasteiger partial charge in [0.2, 0.25) is 0 Å². The van der Waals surface area contributed by atoms with Crippen LogP contribution < -0.4 is 5.73 Å². The summed E-state index contributed by atoms with van der Waals surface area (Å²) in [7, 11) is 0. The van der Waals surface area contributed by atoms with Crippen molar-refractivity contribution in [3.8, 4) is 5.69 Å². The predicted molar refractivity (Wildman–Crippen MR) is 87.6 cm³/mol. The molecule has 1 heterocycles. The van der Waals surface area contributed by atoms with Gasteiger partial charge in [0.25, 0.3) is 0 Å². The molecule has 4 heteroatoms. The third-order valence-corrected chi connectivity index (χ3v) is 4.74. The van der Waals surface area contributed by atoms with Crippen molar-refractivity contribution in [3.63, 3.8) is 0 Å². The second-order valence-corrected chi connectivity index (χ2v) is 6.83. The summed E-state index contributed by atoms with van der Waals surface area (Å²) in [6.45, 7) is 11.1. The van der Waals surface area contributed by atoms with E-state index < -0.39 is 0 Å². The summed E-state index contributed by atoms with van der Waals surface area (Å²) in [6, 6.07) is 6.42. The third-order valence-electron chi connectivity index (χ3n) is 3.79. The molecule has 2 N–H and O–H groups in total. The van der Waals surface area contributed by atoms with Crippen LogP contribution in [0.3, 0.4) is 0 Å². The van der Waals surface area contributed by atoms with Crippen LogP contribution in [0.1, 0.15) is 36.4 Å². The van der Waals surface area contributed by atoms with Crippen molar-refractivity contribution in [2.24, 2.45) is 5.73 Å².